The maximum absolute atomic E-state index is 12.5. The lowest BCUT2D eigenvalue weighted by Gasteiger charge is -2.23. The maximum atomic E-state index is 12.5. The average molecular weight is 350 g/mol. The SMILES string of the molecule is O=C(c1ccc2c(c1)OCCO2)N(CCBr)CC(F)F. The number of halogens is 3. The molecule has 20 heavy (non-hydrogen) atoms. The fraction of sp³-hybridized carbons (Fsp3) is 0.462. The molecule has 1 aliphatic heterocycles. The molecular formula is C13H14BrF2NO3. The molecule has 0 saturated heterocycles. The molecule has 1 amide bonds. The van der Waals surface area contributed by atoms with Crippen molar-refractivity contribution < 1.29 is 23.0 Å². The molecule has 4 nitrogen and oxygen atoms in total. The molecule has 2 rings (SSSR count). The van der Waals surface area contributed by atoms with Gasteiger partial charge in [-0.1, -0.05) is 15.9 Å². The summed E-state index contributed by atoms with van der Waals surface area (Å²) < 4.78 is 35.7. The number of rotatable bonds is 5. The van der Waals surface area contributed by atoms with Gasteiger partial charge in [-0.25, -0.2) is 8.78 Å². The van der Waals surface area contributed by atoms with Crippen LogP contribution in [0.25, 0.3) is 0 Å². The smallest absolute Gasteiger partial charge is 0.255 e. The van der Waals surface area contributed by atoms with E-state index in [0.29, 0.717) is 35.6 Å². The Bertz CT molecular complexity index is 485. The zero-order valence-electron chi connectivity index (χ0n) is 10.7. The number of nitrogens with zero attached hydrogens (tertiary/aromatic N) is 1. The molecule has 0 aromatic heterocycles. The highest BCUT2D eigenvalue weighted by atomic mass is 79.9. The summed E-state index contributed by atoms with van der Waals surface area (Å²) in [7, 11) is 0. The minimum absolute atomic E-state index is 0.220. The standard InChI is InChI=1S/C13H14BrF2NO3/c14-3-4-17(8-12(15)16)13(18)9-1-2-10-11(7-9)20-6-5-19-10/h1-2,7,12H,3-6,8H2. The fourth-order valence-corrected chi connectivity index (χ4v) is 2.33. The molecule has 1 aromatic carbocycles. The summed E-state index contributed by atoms with van der Waals surface area (Å²) in [5.74, 6) is 0.591. The van der Waals surface area contributed by atoms with Crippen LogP contribution < -0.4 is 9.47 Å². The molecule has 0 N–H and O–H groups in total. The van der Waals surface area contributed by atoms with Crippen LogP contribution in [-0.2, 0) is 0 Å². The van der Waals surface area contributed by atoms with Gasteiger partial charge in [0.2, 0.25) is 0 Å². The van der Waals surface area contributed by atoms with Gasteiger partial charge in [-0.05, 0) is 18.2 Å². The van der Waals surface area contributed by atoms with Crippen LogP contribution >= 0.6 is 15.9 Å². The Morgan fingerprint density at radius 3 is 2.65 bits per heavy atom. The highest BCUT2D eigenvalue weighted by Gasteiger charge is 2.21. The summed E-state index contributed by atoms with van der Waals surface area (Å²) in [5.41, 5.74) is 0.316. The second kappa shape index (κ2) is 6.88. The molecule has 1 aliphatic rings. The van der Waals surface area contributed by atoms with Crippen molar-refractivity contribution in [1.82, 2.24) is 4.90 Å². The van der Waals surface area contributed by atoms with Crippen molar-refractivity contribution in [1.29, 1.82) is 0 Å². The Hall–Kier alpha value is -1.37. The van der Waals surface area contributed by atoms with Gasteiger partial charge in [0, 0.05) is 17.4 Å². The predicted molar refractivity (Wildman–Crippen MR) is 73.1 cm³/mol. The number of hydrogen-bond acceptors (Lipinski definition) is 3. The van der Waals surface area contributed by atoms with Gasteiger partial charge in [0.25, 0.3) is 12.3 Å². The van der Waals surface area contributed by atoms with Crippen LogP contribution in [0.15, 0.2) is 18.2 Å². The number of hydrogen-bond donors (Lipinski definition) is 0. The zero-order valence-corrected chi connectivity index (χ0v) is 12.2. The minimum Gasteiger partial charge on any atom is -0.486 e. The monoisotopic (exact) mass is 349 g/mol. The Labute approximate surface area is 123 Å². The number of fused-ring (bicyclic) bond motifs is 1. The van der Waals surface area contributed by atoms with E-state index in [1.165, 1.54) is 6.07 Å². The molecule has 7 heteroatoms. The van der Waals surface area contributed by atoms with Crippen molar-refractivity contribution >= 4 is 21.8 Å². The van der Waals surface area contributed by atoms with E-state index in [2.05, 4.69) is 15.9 Å². The normalized spacial score (nSPS) is 13.4. The fourth-order valence-electron chi connectivity index (χ4n) is 1.90. The Morgan fingerprint density at radius 2 is 2.00 bits per heavy atom. The molecule has 0 aliphatic carbocycles. The van der Waals surface area contributed by atoms with Gasteiger partial charge in [-0.3, -0.25) is 4.79 Å². The lowest BCUT2D eigenvalue weighted by molar-refractivity contribution is 0.0571. The summed E-state index contributed by atoms with van der Waals surface area (Å²) in [6.07, 6.45) is -2.56. The molecule has 0 saturated carbocycles. The van der Waals surface area contributed by atoms with Crippen molar-refractivity contribution in [3.63, 3.8) is 0 Å². The zero-order chi connectivity index (χ0) is 14.5. The van der Waals surface area contributed by atoms with Crippen LogP contribution in [0.1, 0.15) is 10.4 Å². The van der Waals surface area contributed by atoms with E-state index >= 15 is 0 Å². The Kier molecular flexibility index (Phi) is 5.17. The van der Waals surface area contributed by atoms with E-state index in [1.807, 2.05) is 0 Å². The van der Waals surface area contributed by atoms with E-state index < -0.39 is 18.9 Å². The minimum atomic E-state index is -2.56. The number of alkyl halides is 3. The lowest BCUT2D eigenvalue weighted by atomic mass is 10.1. The topological polar surface area (TPSA) is 38.8 Å². The number of carbonyl (C=O) groups excluding carboxylic acids is 1. The van der Waals surface area contributed by atoms with E-state index in [0.717, 1.165) is 4.90 Å². The van der Waals surface area contributed by atoms with E-state index in [4.69, 9.17) is 9.47 Å². The number of ether oxygens (including phenoxy) is 2. The molecular weight excluding hydrogens is 336 g/mol. The third-order valence-corrected chi connectivity index (χ3v) is 3.14. The Balaban J connectivity index is 2.17. The lowest BCUT2D eigenvalue weighted by Crippen LogP contribution is -2.36. The molecule has 0 spiro atoms. The van der Waals surface area contributed by atoms with Crippen molar-refractivity contribution in [3.05, 3.63) is 23.8 Å². The van der Waals surface area contributed by atoms with Gasteiger partial charge < -0.3 is 14.4 Å². The first-order valence-corrected chi connectivity index (χ1v) is 7.27. The second-order valence-electron chi connectivity index (χ2n) is 4.19. The molecule has 110 valence electrons. The molecule has 0 fully saturated rings. The summed E-state index contributed by atoms with van der Waals surface area (Å²) in [6.45, 7) is 0.505. The average Bonchev–Trinajstić information content (AvgIpc) is 2.45. The van der Waals surface area contributed by atoms with E-state index in [1.54, 1.807) is 12.1 Å². The highest BCUT2D eigenvalue weighted by molar-refractivity contribution is 9.09. The summed E-state index contributed by atoms with van der Waals surface area (Å²) in [5, 5.41) is 0.440. The summed E-state index contributed by atoms with van der Waals surface area (Å²) >= 11 is 3.16. The van der Waals surface area contributed by atoms with Crippen LogP contribution in [-0.4, -0.2) is 48.9 Å². The largest absolute Gasteiger partial charge is 0.486 e. The number of amides is 1. The molecule has 1 aromatic rings. The first-order valence-electron chi connectivity index (χ1n) is 6.15. The van der Waals surface area contributed by atoms with Crippen LogP contribution in [0.4, 0.5) is 8.78 Å². The predicted octanol–water partition coefficient (Wildman–Crippen LogP) is 2.56. The van der Waals surface area contributed by atoms with E-state index in [-0.39, 0.29) is 6.54 Å². The molecule has 0 unspecified atom stereocenters. The quantitative estimate of drug-likeness (QED) is 0.767. The maximum Gasteiger partial charge on any atom is 0.255 e. The molecule has 0 atom stereocenters. The van der Waals surface area contributed by atoms with Gasteiger partial charge in [0.05, 0.1) is 6.54 Å². The van der Waals surface area contributed by atoms with Crippen molar-refractivity contribution in [2.24, 2.45) is 0 Å². The number of carbonyl (C=O) groups is 1. The van der Waals surface area contributed by atoms with Gasteiger partial charge in [0.15, 0.2) is 11.5 Å². The van der Waals surface area contributed by atoms with Crippen LogP contribution in [0.3, 0.4) is 0 Å². The first-order chi connectivity index (χ1) is 9.61. The Morgan fingerprint density at radius 1 is 1.30 bits per heavy atom. The van der Waals surface area contributed by atoms with Crippen molar-refractivity contribution in [2.75, 3.05) is 31.6 Å². The van der Waals surface area contributed by atoms with Crippen molar-refractivity contribution in [3.8, 4) is 11.5 Å². The van der Waals surface area contributed by atoms with Gasteiger partial charge in [0.1, 0.15) is 13.2 Å². The summed E-state index contributed by atoms with van der Waals surface area (Å²) in [6, 6.07) is 4.71. The summed E-state index contributed by atoms with van der Waals surface area (Å²) in [4.78, 5) is 13.3. The van der Waals surface area contributed by atoms with Gasteiger partial charge in [-0.2, -0.15) is 0 Å². The van der Waals surface area contributed by atoms with Gasteiger partial charge in [-0.15, -0.1) is 0 Å². The third-order valence-electron chi connectivity index (χ3n) is 2.79. The van der Waals surface area contributed by atoms with Crippen LogP contribution in [0.5, 0.6) is 11.5 Å². The van der Waals surface area contributed by atoms with E-state index in [9.17, 15) is 13.6 Å². The van der Waals surface area contributed by atoms with Crippen LogP contribution in [0.2, 0.25) is 0 Å². The van der Waals surface area contributed by atoms with Crippen LogP contribution in [0, 0.1) is 0 Å². The highest BCUT2D eigenvalue weighted by Crippen LogP contribution is 2.31. The number of benzene rings is 1. The first kappa shape index (κ1) is 15.0. The molecule has 1 heterocycles. The van der Waals surface area contributed by atoms with Crippen molar-refractivity contribution in [2.45, 2.75) is 6.43 Å². The second-order valence-corrected chi connectivity index (χ2v) is 4.98. The molecule has 0 bridgehead atoms. The van der Waals surface area contributed by atoms with Gasteiger partial charge >= 0.3 is 0 Å². The molecule has 0 radical (unpaired) electrons. The third kappa shape index (κ3) is 3.59.